The van der Waals surface area contributed by atoms with E-state index in [4.69, 9.17) is 4.74 Å². The standard InChI is InChI=1S/C18H30N2O/c1-5-6-15-7-9-16(10-8-15)19-12-17-14(3)18(21-4)13(2)11-20-17/h11,15-16,19H,5-10,12H2,1-4H3. The van der Waals surface area contributed by atoms with Gasteiger partial charge in [0.05, 0.1) is 12.8 Å². The largest absolute Gasteiger partial charge is 0.496 e. The van der Waals surface area contributed by atoms with Crippen molar-refractivity contribution < 1.29 is 4.74 Å². The molecular weight excluding hydrogens is 260 g/mol. The quantitative estimate of drug-likeness (QED) is 0.854. The van der Waals surface area contributed by atoms with E-state index in [1.807, 2.05) is 13.1 Å². The smallest absolute Gasteiger partial charge is 0.128 e. The summed E-state index contributed by atoms with van der Waals surface area (Å²) in [5.41, 5.74) is 3.40. The number of aromatic nitrogens is 1. The molecule has 21 heavy (non-hydrogen) atoms. The van der Waals surface area contributed by atoms with Crippen LogP contribution in [0, 0.1) is 19.8 Å². The van der Waals surface area contributed by atoms with Gasteiger partial charge in [0.2, 0.25) is 0 Å². The minimum atomic E-state index is 0.659. The Balaban J connectivity index is 1.87. The van der Waals surface area contributed by atoms with Crippen LogP contribution in [-0.2, 0) is 6.54 Å². The lowest BCUT2D eigenvalue weighted by Gasteiger charge is -2.29. The second kappa shape index (κ2) is 7.79. The number of nitrogens with zero attached hydrogens (tertiary/aromatic N) is 1. The molecule has 3 nitrogen and oxygen atoms in total. The molecular formula is C18H30N2O. The highest BCUT2D eigenvalue weighted by molar-refractivity contribution is 5.40. The molecule has 1 N–H and O–H groups in total. The minimum absolute atomic E-state index is 0.659. The molecule has 0 radical (unpaired) electrons. The van der Waals surface area contributed by atoms with Crippen molar-refractivity contribution in [2.75, 3.05) is 7.11 Å². The van der Waals surface area contributed by atoms with Gasteiger partial charge in [0.1, 0.15) is 5.75 Å². The van der Waals surface area contributed by atoms with Crippen LogP contribution >= 0.6 is 0 Å². The number of aryl methyl sites for hydroxylation is 1. The molecule has 1 aliphatic carbocycles. The molecule has 2 rings (SSSR count). The molecule has 0 atom stereocenters. The zero-order valence-corrected chi connectivity index (χ0v) is 14.0. The lowest BCUT2D eigenvalue weighted by molar-refractivity contribution is 0.277. The Hall–Kier alpha value is -1.09. The highest BCUT2D eigenvalue weighted by Gasteiger charge is 2.20. The summed E-state index contributed by atoms with van der Waals surface area (Å²) in [6.07, 6.45) is 10.0. The summed E-state index contributed by atoms with van der Waals surface area (Å²) in [7, 11) is 1.74. The van der Waals surface area contributed by atoms with Gasteiger partial charge >= 0.3 is 0 Å². The fourth-order valence-electron chi connectivity index (χ4n) is 3.55. The van der Waals surface area contributed by atoms with E-state index >= 15 is 0 Å². The minimum Gasteiger partial charge on any atom is -0.496 e. The lowest BCUT2D eigenvalue weighted by Crippen LogP contribution is -2.33. The lowest BCUT2D eigenvalue weighted by atomic mass is 9.83. The van der Waals surface area contributed by atoms with Crippen molar-refractivity contribution in [3.8, 4) is 5.75 Å². The van der Waals surface area contributed by atoms with Crippen molar-refractivity contribution in [1.82, 2.24) is 10.3 Å². The zero-order chi connectivity index (χ0) is 15.2. The van der Waals surface area contributed by atoms with Gasteiger partial charge in [-0.1, -0.05) is 19.8 Å². The third-order valence-corrected chi connectivity index (χ3v) is 4.85. The Morgan fingerprint density at radius 3 is 2.57 bits per heavy atom. The fraction of sp³-hybridized carbons (Fsp3) is 0.722. The van der Waals surface area contributed by atoms with Crippen LogP contribution < -0.4 is 10.1 Å². The number of pyridine rings is 1. The summed E-state index contributed by atoms with van der Waals surface area (Å²) in [6.45, 7) is 7.30. The molecule has 0 amide bonds. The van der Waals surface area contributed by atoms with Gasteiger partial charge in [-0.2, -0.15) is 0 Å². The van der Waals surface area contributed by atoms with Gasteiger partial charge in [0.25, 0.3) is 0 Å². The second-order valence-electron chi connectivity index (χ2n) is 6.43. The second-order valence-corrected chi connectivity index (χ2v) is 6.43. The predicted octanol–water partition coefficient (Wildman–Crippen LogP) is 4.16. The monoisotopic (exact) mass is 290 g/mol. The summed E-state index contributed by atoms with van der Waals surface area (Å²) in [5.74, 6) is 1.95. The van der Waals surface area contributed by atoms with Gasteiger partial charge in [-0.25, -0.2) is 0 Å². The van der Waals surface area contributed by atoms with Gasteiger partial charge in [-0.05, 0) is 45.4 Å². The molecule has 1 aromatic heterocycles. The number of methoxy groups -OCH3 is 1. The molecule has 0 spiro atoms. The number of rotatable bonds is 6. The highest BCUT2D eigenvalue weighted by atomic mass is 16.5. The average Bonchev–Trinajstić information content (AvgIpc) is 2.49. The number of nitrogens with one attached hydrogen (secondary N) is 1. The van der Waals surface area contributed by atoms with Crippen molar-refractivity contribution in [1.29, 1.82) is 0 Å². The maximum Gasteiger partial charge on any atom is 0.128 e. The van der Waals surface area contributed by atoms with Gasteiger partial charge in [0.15, 0.2) is 0 Å². The van der Waals surface area contributed by atoms with E-state index < -0.39 is 0 Å². The molecule has 0 saturated heterocycles. The molecule has 1 aromatic rings. The third-order valence-electron chi connectivity index (χ3n) is 4.85. The fourth-order valence-corrected chi connectivity index (χ4v) is 3.55. The molecule has 1 aliphatic rings. The normalized spacial score (nSPS) is 22.3. The van der Waals surface area contributed by atoms with Gasteiger partial charge < -0.3 is 10.1 Å². The summed E-state index contributed by atoms with van der Waals surface area (Å²) in [4.78, 5) is 4.57. The first kappa shape index (κ1) is 16.3. The Labute approximate surface area is 129 Å². The summed E-state index contributed by atoms with van der Waals surface area (Å²) >= 11 is 0. The topological polar surface area (TPSA) is 34.2 Å². The van der Waals surface area contributed by atoms with Crippen molar-refractivity contribution in [2.45, 2.75) is 71.9 Å². The van der Waals surface area contributed by atoms with E-state index in [-0.39, 0.29) is 0 Å². The van der Waals surface area contributed by atoms with E-state index in [2.05, 4.69) is 24.1 Å². The van der Waals surface area contributed by atoms with E-state index in [9.17, 15) is 0 Å². The van der Waals surface area contributed by atoms with Crippen LogP contribution in [0.1, 0.15) is 62.3 Å². The van der Waals surface area contributed by atoms with Crippen LogP contribution in [0.5, 0.6) is 5.75 Å². The van der Waals surface area contributed by atoms with E-state index in [0.717, 1.165) is 29.5 Å². The maximum atomic E-state index is 5.48. The first-order valence-electron chi connectivity index (χ1n) is 8.38. The number of hydrogen-bond donors (Lipinski definition) is 1. The molecule has 0 aromatic carbocycles. The Bertz CT molecular complexity index is 451. The van der Waals surface area contributed by atoms with Gasteiger partial charge in [0, 0.05) is 29.9 Å². The summed E-state index contributed by atoms with van der Waals surface area (Å²) in [6, 6.07) is 0.659. The predicted molar refractivity (Wildman–Crippen MR) is 87.8 cm³/mol. The zero-order valence-electron chi connectivity index (χ0n) is 14.0. The molecule has 0 bridgehead atoms. The molecule has 1 heterocycles. The summed E-state index contributed by atoms with van der Waals surface area (Å²) in [5, 5.41) is 3.69. The van der Waals surface area contributed by atoms with E-state index in [1.165, 1.54) is 44.1 Å². The van der Waals surface area contributed by atoms with Gasteiger partial charge in [-0.15, -0.1) is 0 Å². The van der Waals surface area contributed by atoms with Crippen LogP contribution in [0.25, 0.3) is 0 Å². The summed E-state index contributed by atoms with van der Waals surface area (Å²) < 4.78 is 5.48. The van der Waals surface area contributed by atoms with E-state index in [0.29, 0.717) is 6.04 Å². The van der Waals surface area contributed by atoms with Crippen molar-refractivity contribution in [2.24, 2.45) is 5.92 Å². The molecule has 118 valence electrons. The Morgan fingerprint density at radius 1 is 1.24 bits per heavy atom. The molecule has 1 fully saturated rings. The first-order chi connectivity index (χ1) is 10.2. The van der Waals surface area contributed by atoms with Crippen LogP contribution in [0.4, 0.5) is 0 Å². The Kier molecular flexibility index (Phi) is 6.04. The SMILES string of the molecule is CCCC1CCC(NCc2ncc(C)c(OC)c2C)CC1. The van der Waals surface area contributed by atoms with Gasteiger partial charge in [-0.3, -0.25) is 4.98 Å². The van der Waals surface area contributed by atoms with Crippen LogP contribution in [0.2, 0.25) is 0 Å². The number of ether oxygens (including phenoxy) is 1. The number of hydrogen-bond acceptors (Lipinski definition) is 3. The van der Waals surface area contributed by atoms with Crippen molar-refractivity contribution in [3.63, 3.8) is 0 Å². The van der Waals surface area contributed by atoms with E-state index in [1.54, 1.807) is 7.11 Å². The van der Waals surface area contributed by atoms with Crippen molar-refractivity contribution >= 4 is 0 Å². The average molecular weight is 290 g/mol. The molecule has 3 heteroatoms. The third kappa shape index (κ3) is 4.19. The van der Waals surface area contributed by atoms with Crippen LogP contribution in [0.3, 0.4) is 0 Å². The van der Waals surface area contributed by atoms with Crippen LogP contribution in [0.15, 0.2) is 6.20 Å². The molecule has 0 unspecified atom stereocenters. The molecule has 1 saturated carbocycles. The van der Waals surface area contributed by atoms with Crippen LogP contribution in [-0.4, -0.2) is 18.1 Å². The first-order valence-corrected chi connectivity index (χ1v) is 8.38. The Morgan fingerprint density at radius 2 is 1.95 bits per heavy atom. The molecule has 0 aliphatic heterocycles. The van der Waals surface area contributed by atoms with Crippen molar-refractivity contribution in [3.05, 3.63) is 23.0 Å². The highest BCUT2D eigenvalue weighted by Crippen LogP contribution is 2.28. The maximum absolute atomic E-state index is 5.48.